The lowest BCUT2D eigenvalue weighted by Crippen LogP contribution is -2.53. The van der Waals surface area contributed by atoms with Crippen molar-refractivity contribution in [3.05, 3.63) is 106 Å². The van der Waals surface area contributed by atoms with E-state index in [4.69, 9.17) is 10.5 Å². The number of aromatic nitrogens is 1. The summed E-state index contributed by atoms with van der Waals surface area (Å²) in [6, 6.07) is 16.2. The van der Waals surface area contributed by atoms with Crippen molar-refractivity contribution in [1.82, 2.24) is 25.4 Å². The Labute approximate surface area is 351 Å². The second-order valence-electron chi connectivity index (χ2n) is 15.2. The number of carboxylic acids is 1. The van der Waals surface area contributed by atoms with Gasteiger partial charge in [-0.2, -0.15) is 0 Å². The number of nitrogens with zero attached hydrogens (tertiary/aromatic N) is 3. The first-order valence-electron chi connectivity index (χ1n) is 19.9. The van der Waals surface area contributed by atoms with E-state index in [9.17, 15) is 38.7 Å². The number of carboxylic acid groups (broad SMARTS) is 1. The number of amides is 6. The number of carbonyl (C=O) groups excluding carboxylic acids is 5. The number of piperazine rings is 1. The summed E-state index contributed by atoms with van der Waals surface area (Å²) >= 11 is 0. The number of nitrogens with two attached hydrogens (primary N) is 1. The summed E-state index contributed by atoms with van der Waals surface area (Å²) in [7, 11) is 0. The van der Waals surface area contributed by atoms with Crippen LogP contribution in [-0.4, -0.2) is 89.2 Å². The molecule has 0 bridgehead atoms. The van der Waals surface area contributed by atoms with Crippen LogP contribution in [0.3, 0.4) is 0 Å². The zero-order valence-electron chi connectivity index (χ0n) is 34.5. The van der Waals surface area contributed by atoms with Gasteiger partial charge in [-0.1, -0.05) is 42.5 Å². The Morgan fingerprint density at radius 3 is 2.21 bits per heavy atom. The van der Waals surface area contributed by atoms with Crippen molar-refractivity contribution in [1.29, 1.82) is 0 Å². The normalized spacial score (nSPS) is 13.8. The average molecular weight is 843 g/mol. The number of aryl methyl sites for hydroxylation is 1. The third kappa shape index (κ3) is 11.2. The van der Waals surface area contributed by atoms with Crippen LogP contribution in [0.4, 0.5) is 25.4 Å². The first-order chi connectivity index (χ1) is 29.0. The molecule has 4 aromatic rings. The van der Waals surface area contributed by atoms with Crippen LogP contribution < -0.4 is 37.3 Å². The number of benzene rings is 3. The second kappa shape index (κ2) is 19.8. The molecule has 0 spiro atoms. The Morgan fingerprint density at radius 2 is 1.59 bits per heavy atom. The SMILES string of the molecule is CCn1cc(C(=O)O)c(=O)c2cc(F)c(N3CCN(C(=O)OCc4ccc(NC(=O)C(CCCNC(N)=O)NC(=O)C(C)(C)C(=O)N[C@H](C)c5ccccc5)cc4)CC3)cc21. The summed E-state index contributed by atoms with van der Waals surface area (Å²) in [5, 5.41) is 20.2. The van der Waals surface area contributed by atoms with E-state index in [0.717, 1.165) is 11.6 Å². The van der Waals surface area contributed by atoms with Gasteiger partial charge in [0.1, 0.15) is 29.4 Å². The summed E-state index contributed by atoms with van der Waals surface area (Å²) in [6.45, 7) is 7.95. The van der Waals surface area contributed by atoms with Gasteiger partial charge in [-0.25, -0.2) is 18.8 Å². The van der Waals surface area contributed by atoms with Gasteiger partial charge in [0.05, 0.1) is 17.2 Å². The second-order valence-corrected chi connectivity index (χ2v) is 15.2. The number of hydrogen-bond donors (Lipinski definition) is 6. The molecule has 1 unspecified atom stereocenters. The molecule has 2 atom stereocenters. The number of aromatic carboxylic acids is 1. The number of hydrogen-bond acceptors (Lipinski definition) is 9. The van der Waals surface area contributed by atoms with Crippen LogP contribution in [0, 0.1) is 11.2 Å². The van der Waals surface area contributed by atoms with Crippen molar-refractivity contribution in [2.24, 2.45) is 11.1 Å². The minimum Gasteiger partial charge on any atom is -0.477 e. The minimum atomic E-state index is -1.55. The molecule has 1 aromatic heterocycles. The fourth-order valence-electron chi connectivity index (χ4n) is 6.77. The monoisotopic (exact) mass is 842 g/mol. The van der Waals surface area contributed by atoms with Crippen LogP contribution in [0.15, 0.2) is 77.7 Å². The lowest BCUT2D eigenvalue weighted by atomic mass is 9.89. The summed E-state index contributed by atoms with van der Waals surface area (Å²) in [4.78, 5) is 92.0. The number of halogens is 1. The van der Waals surface area contributed by atoms with Crippen LogP contribution in [0.5, 0.6) is 0 Å². The molecule has 0 saturated carbocycles. The number of ether oxygens (including phenoxy) is 1. The average Bonchev–Trinajstić information content (AvgIpc) is 3.24. The Kier molecular flexibility index (Phi) is 14.7. The van der Waals surface area contributed by atoms with Gasteiger partial charge in [0, 0.05) is 56.5 Å². The first kappa shape index (κ1) is 45.1. The van der Waals surface area contributed by atoms with Gasteiger partial charge in [0.25, 0.3) is 0 Å². The van der Waals surface area contributed by atoms with Crippen LogP contribution in [0.1, 0.15) is 68.1 Å². The molecule has 2 heterocycles. The van der Waals surface area contributed by atoms with Crippen LogP contribution >= 0.6 is 0 Å². The summed E-state index contributed by atoms with van der Waals surface area (Å²) in [5.74, 6) is -3.83. The molecule has 324 valence electrons. The van der Waals surface area contributed by atoms with Crippen molar-refractivity contribution < 1.29 is 43.0 Å². The Bertz CT molecular complexity index is 2330. The Morgan fingerprint density at radius 1 is 0.934 bits per heavy atom. The largest absolute Gasteiger partial charge is 0.477 e. The molecule has 61 heavy (non-hydrogen) atoms. The van der Waals surface area contributed by atoms with E-state index >= 15 is 4.39 Å². The Balaban J connectivity index is 1.15. The molecule has 5 rings (SSSR count). The summed E-state index contributed by atoms with van der Waals surface area (Å²) in [5.41, 5.74) is 4.91. The zero-order chi connectivity index (χ0) is 44.4. The fourth-order valence-corrected chi connectivity index (χ4v) is 6.77. The summed E-state index contributed by atoms with van der Waals surface area (Å²) < 4.78 is 22.5. The molecule has 6 amide bonds. The Hall–Kier alpha value is -6.98. The van der Waals surface area contributed by atoms with Gasteiger partial charge in [0.2, 0.25) is 23.2 Å². The number of anilines is 2. The number of urea groups is 1. The molecule has 0 aliphatic carbocycles. The lowest BCUT2D eigenvalue weighted by Gasteiger charge is -2.35. The van der Waals surface area contributed by atoms with E-state index in [-0.39, 0.29) is 69.3 Å². The topological polar surface area (TPSA) is 234 Å². The van der Waals surface area contributed by atoms with Gasteiger partial charge >= 0.3 is 18.1 Å². The molecule has 1 fully saturated rings. The van der Waals surface area contributed by atoms with Crippen molar-refractivity contribution >= 4 is 58.1 Å². The van der Waals surface area contributed by atoms with Crippen LogP contribution in [0.25, 0.3) is 10.9 Å². The molecular formula is C43H51FN8O9. The highest BCUT2D eigenvalue weighted by Gasteiger charge is 2.39. The maximum Gasteiger partial charge on any atom is 0.410 e. The molecule has 17 nitrogen and oxygen atoms in total. The van der Waals surface area contributed by atoms with E-state index in [0.29, 0.717) is 23.3 Å². The van der Waals surface area contributed by atoms with E-state index in [2.05, 4.69) is 21.3 Å². The lowest BCUT2D eigenvalue weighted by molar-refractivity contribution is -0.143. The van der Waals surface area contributed by atoms with Crippen molar-refractivity contribution in [3.8, 4) is 0 Å². The highest BCUT2D eigenvalue weighted by atomic mass is 19.1. The molecule has 0 radical (unpaired) electrons. The fraction of sp³-hybridized carbons (Fsp3) is 0.372. The van der Waals surface area contributed by atoms with Gasteiger partial charge in [-0.05, 0) is 75.9 Å². The minimum absolute atomic E-state index is 0.0309. The molecule has 7 N–H and O–H groups in total. The van der Waals surface area contributed by atoms with E-state index < -0.39 is 64.1 Å². The number of nitrogens with one attached hydrogen (secondary N) is 4. The molecule has 3 aromatic carbocycles. The van der Waals surface area contributed by atoms with Crippen molar-refractivity contribution in [2.45, 2.75) is 65.8 Å². The molecule has 1 saturated heterocycles. The molecule has 18 heteroatoms. The number of rotatable bonds is 16. The molecule has 1 aliphatic heterocycles. The molecule has 1 aliphatic rings. The number of pyridine rings is 1. The summed E-state index contributed by atoms with van der Waals surface area (Å²) in [6.07, 6.45) is 1.08. The predicted molar refractivity (Wildman–Crippen MR) is 225 cm³/mol. The van der Waals surface area contributed by atoms with E-state index in [1.807, 2.05) is 30.3 Å². The standard InChI is InChI=1S/C43H51FN8O9/c1-5-50-24-31(38(55)56)36(53)30-22-32(44)35(23-34(30)50)51-18-20-52(21-19-51)42(60)61-25-27-13-15-29(16-14-27)48-37(54)33(12-9-17-46-41(45)59)49-40(58)43(3,4)39(57)47-26(2)28-10-7-6-8-11-28/h6-8,10-11,13-16,22-24,26,33H,5,9,12,17-21,25H2,1-4H3,(H,47,57)(H,48,54)(H,49,58)(H,55,56)(H3,45,46,59)/t26-,33?/m1/s1. The van der Waals surface area contributed by atoms with Gasteiger partial charge < -0.3 is 51.2 Å². The highest BCUT2D eigenvalue weighted by Crippen LogP contribution is 2.27. The number of carbonyl (C=O) groups is 6. The van der Waals surface area contributed by atoms with Crippen molar-refractivity contribution in [2.75, 3.05) is 42.9 Å². The van der Waals surface area contributed by atoms with Gasteiger partial charge in [-0.15, -0.1) is 0 Å². The smallest absolute Gasteiger partial charge is 0.410 e. The molecular weight excluding hydrogens is 792 g/mol. The number of primary amides is 1. The first-order valence-corrected chi connectivity index (χ1v) is 19.9. The third-order valence-electron chi connectivity index (χ3n) is 10.6. The van der Waals surface area contributed by atoms with Crippen molar-refractivity contribution in [3.63, 3.8) is 0 Å². The zero-order valence-corrected chi connectivity index (χ0v) is 34.5. The highest BCUT2D eigenvalue weighted by molar-refractivity contribution is 6.06. The van der Waals surface area contributed by atoms with E-state index in [1.54, 1.807) is 47.6 Å². The number of fused-ring (bicyclic) bond motifs is 1. The maximum atomic E-state index is 15.3. The van der Waals surface area contributed by atoms with Gasteiger partial charge in [-0.3, -0.25) is 19.2 Å². The maximum absolute atomic E-state index is 15.3. The quantitative estimate of drug-likeness (QED) is 0.0698. The van der Waals surface area contributed by atoms with E-state index in [1.165, 1.54) is 31.0 Å². The third-order valence-corrected chi connectivity index (χ3v) is 10.6. The van der Waals surface area contributed by atoms with Crippen LogP contribution in [0.2, 0.25) is 0 Å². The predicted octanol–water partition coefficient (Wildman–Crippen LogP) is 4.09. The van der Waals surface area contributed by atoms with Gasteiger partial charge in [0.15, 0.2) is 0 Å². The van der Waals surface area contributed by atoms with Crippen LogP contribution in [-0.2, 0) is 32.3 Å².